The second kappa shape index (κ2) is 16.7. The molecule has 0 aliphatic carbocycles. The number of amides is 2. The molecule has 4 aromatic carbocycles. The van der Waals surface area contributed by atoms with Gasteiger partial charge in [0.05, 0.1) is 37.4 Å². The van der Waals surface area contributed by atoms with Crippen LogP contribution in [0.3, 0.4) is 0 Å². The molecule has 0 saturated carbocycles. The molecule has 0 unspecified atom stereocenters. The summed E-state index contributed by atoms with van der Waals surface area (Å²) in [6, 6.07) is 40.1. The molecule has 1 heterocycles. The van der Waals surface area contributed by atoms with Gasteiger partial charge in [-0.3, -0.25) is 4.79 Å². The number of rotatable bonds is 15. The molecule has 1 aliphatic rings. The van der Waals surface area contributed by atoms with E-state index in [1.54, 1.807) is 6.92 Å². The van der Waals surface area contributed by atoms with E-state index in [1.807, 2.05) is 97.1 Å². The fraction of sp³-hybridized carbons (Fsp3) is 0.381. The zero-order chi connectivity index (χ0) is 35.7. The van der Waals surface area contributed by atoms with Crippen LogP contribution in [0.5, 0.6) is 0 Å². The van der Waals surface area contributed by atoms with Crippen molar-refractivity contribution in [2.75, 3.05) is 13.2 Å². The van der Waals surface area contributed by atoms with Gasteiger partial charge in [0.15, 0.2) is 0 Å². The van der Waals surface area contributed by atoms with Crippen molar-refractivity contribution in [3.05, 3.63) is 132 Å². The van der Waals surface area contributed by atoms with Crippen LogP contribution in [0.4, 0.5) is 4.79 Å². The van der Waals surface area contributed by atoms with Crippen LogP contribution in [0.1, 0.15) is 52.2 Å². The van der Waals surface area contributed by atoms with Gasteiger partial charge in [-0.1, -0.05) is 156 Å². The first kappa shape index (κ1) is 37.2. The molecule has 4 aromatic rings. The zero-order valence-electron chi connectivity index (χ0n) is 29.9. The summed E-state index contributed by atoms with van der Waals surface area (Å²) < 4.78 is 19.2. The maximum atomic E-state index is 14.0. The Morgan fingerprint density at radius 2 is 1.34 bits per heavy atom. The second-order valence-corrected chi connectivity index (χ2v) is 18.8. The second-order valence-electron chi connectivity index (χ2n) is 14.5. The molecule has 1 N–H and O–H groups in total. The number of aliphatic hydroxyl groups is 1. The van der Waals surface area contributed by atoms with Crippen molar-refractivity contribution >= 4 is 30.7 Å². The Morgan fingerprint density at radius 3 is 1.86 bits per heavy atom. The summed E-state index contributed by atoms with van der Waals surface area (Å²) in [5, 5.41) is 13.8. The number of hydrogen-bond acceptors (Lipinski definition) is 6. The Morgan fingerprint density at radius 1 is 0.840 bits per heavy atom. The SMILES string of the molecule is C[C@H](COCc1ccccc1)[C@H](C[C@H](O)[C@@H](C)C(=O)N1C(=O)OC[C@H]1Cc1ccccc1)O[Si](c1ccccc1)(c1ccccc1)C(C)(C)C. The molecule has 0 aromatic heterocycles. The average Bonchev–Trinajstić information content (AvgIpc) is 3.49. The van der Waals surface area contributed by atoms with Crippen molar-refractivity contribution in [1.82, 2.24) is 4.90 Å². The highest BCUT2D eigenvalue weighted by atomic mass is 28.4. The lowest BCUT2D eigenvalue weighted by Crippen LogP contribution is -2.68. The van der Waals surface area contributed by atoms with Crippen molar-refractivity contribution in [3.8, 4) is 0 Å². The van der Waals surface area contributed by atoms with Crippen molar-refractivity contribution < 1.29 is 28.6 Å². The summed E-state index contributed by atoms with van der Waals surface area (Å²) in [4.78, 5) is 28.1. The molecule has 1 fully saturated rings. The minimum atomic E-state index is -3.03. The molecule has 2 amide bonds. The molecular weight excluding hydrogens is 643 g/mol. The lowest BCUT2D eigenvalue weighted by Gasteiger charge is -2.46. The van der Waals surface area contributed by atoms with E-state index in [4.69, 9.17) is 13.9 Å². The van der Waals surface area contributed by atoms with E-state index in [0.717, 1.165) is 21.5 Å². The number of ether oxygens (including phenoxy) is 2. The zero-order valence-corrected chi connectivity index (χ0v) is 30.9. The van der Waals surface area contributed by atoms with Crippen molar-refractivity contribution in [3.63, 3.8) is 0 Å². The molecule has 0 spiro atoms. The van der Waals surface area contributed by atoms with Crippen LogP contribution in [-0.2, 0) is 31.7 Å². The lowest BCUT2D eigenvalue weighted by atomic mass is 9.92. The van der Waals surface area contributed by atoms with E-state index in [1.165, 1.54) is 4.90 Å². The summed E-state index contributed by atoms with van der Waals surface area (Å²) in [5.74, 6) is -1.46. The highest BCUT2D eigenvalue weighted by Crippen LogP contribution is 2.39. The Labute approximate surface area is 298 Å². The number of hydrogen-bond donors (Lipinski definition) is 1. The van der Waals surface area contributed by atoms with Crippen LogP contribution in [0.2, 0.25) is 5.04 Å². The van der Waals surface area contributed by atoms with E-state index in [9.17, 15) is 14.7 Å². The molecule has 8 heteroatoms. The molecule has 50 heavy (non-hydrogen) atoms. The summed E-state index contributed by atoms with van der Waals surface area (Å²) in [7, 11) is -3.03. The van der Waals surface area contributed by atoms with Gasteiger partial charge in [-0.15, -0.1) is 0 Å². The number of aliphatic hydroxyl groups excluding tert-OH is 1. The maximum Gasteiger partial charge on any atom is 0.416 e. The molecule has 0 radical (unpaired) electrons. The first-order valence-electron chi connectivity index (χ1n) is 17.6. The van der Waals surface area contributed by atoms with Crippen LogP contribution < -0.4 is 10.4 Å². The van der Waals surface area contributed by atoms with Gasteiger partial charge in [0.1, 0.15) is 6.61 Å². The predicted octanol–water partition coefficient (Wildman–Crippen LogP) is 6.76. The van der Waals surface area contributed by atoms with Crippen LogP contribution in [0, 0.1) is 11.8 Å². The fourth-order valence-corrected chi connectivity index (χ4v) is 11.7. The minimum absolute atomic E-state index is 0.123. The minimum Gasteiger partial charge on any atom is -0.447 e. The smallest absolute Gasteiger partial charge is 0.416 e. The predicted molar refractivity (Wildman–Crippen MR) is 200 cm³/mol. The molecule has 264 valence electrons. The molecule has 0 bridgehead atoms. The first-order valence-corrected chi connectivity index (χ1v) is 19.5. The quantitative estimate of drug-likeness (QED) is 0.139. The molecule has 1 aliphatic heterocycles. The largest absolute Gasteiger partial charge is 0.447 e. The number of carbonyl (C=O) groups excluding carboxylic acids is 2. The van der Waals surface area contributed by atoms with Crippen molar-refractivity contribution in [1.29, 1.82) is 0 Å². The summed E-state index contributed by atoms with van der Waals surface area (Å²) in [6.45, 7) is 11.4. The summed E-state index contributed by atoms with van der Waals surface area (Å²) in [5.41, 5.74) is 2.08. The third-order valence-electron chi connectivity index (χ3n) is 9.83. The van der Waals surface area contributed by atoms with Gasteiger partial charge in [-0.25, -0.2) is 9.69 Å². The molecule has 5 atom stereocenters. The van der Waals surface area contributed by atoms with Crippen LogP contribution in [0.15, 0.2) is 121 Å². The van der Waals surface area contributed by atoms with E-state index in [2.05, 4.69) is 52.0 Å². The van der Waals surface area contributed by atoms with Crippen molar-refractivity contribution in [2.24, 2.45) is 11.8 Å². The van der Waals surface area contributed by atoms with Gasteiger partial charge in [0, 0.05) is 5.92 Å². The van der Waals surface area contributed by atoms with E-state index in [0.29, 0.717) is 19.6 Å². The highest BCUT2D eigenvalue weighted by molar-refractivity contribution is 6.99. The van der Waals surface area contributed by atoms with Gasteiger partial charge in [0.25, 0.3) is 8.32 Å². The number of carbonyl (C=O) groups is 2. The normalized spacial score (nSPS) is 17.5. The third kappa shape index (κ3) is 8.61. The number of cyclic esters (lactones) is 1. The van der Waals surface area contributed by atoms with E-state index >= 15 is 0 Å². The highest BCUT2D eigenvalue weighted by Gasteiger charge is 2.52. The topological polar surface area (TPSA) is 85.3 Å². The van der Waals surface area contributed by atoms with Crippen LogP contribution >= 0.6 is 0 Å². The van der Waals surface area contributed by atoms with Gasteiger partial charge in [-0.05, 0) is 39.4 Å². The summed E-state index contributed by atoms with van der Waals surface area (Å²) in [6.07, 6.45) is -1.57. The Balaban J connectivity index is 1.44. The number of imide groups is 1. The standard InChI is InChI=1S/C42H51NO6Si/c1-31(28-47-29-34-20-12-7-13-21-34)39(49-50(42(3,4)5,36-22-14-8-15-23-36)37-24-16-9-17-25-37)27-38(44)32(2)40(45)43-35(30-48-41(43)46)26-33-18-10-6-11-19-33/h6-25,31-32,35,38-39,44H,26-30H2,1-5H3/t31-,32-,35-,38+,39+/m1/s1. The van der Waals surface area contributed by atoms with Gasteiger partial charge < -0.3 is 19.0 Å². The van der Waals surface area contributed by atoms with Crippen molar-refractivity contribution in [2.45, 2.75) is 77.4 Å². The van der Waals surface area contributed by atoms with Gasteiger partial charge in [0.2, 0.25) is 5.91 Å². The molecular formula is C42H51NO6Si. The number of benzene rings is 4. The Hall–Kier alpha value is -4.08. The van der Waals surface area contributed by atoms with Gasteiger partial charge >= 0.3 is 6.09 Å². The fourth-order valence-electron chi connectivity index (χ4n) is 6.95. The van der Waals surface area contributed by atoms with Crippen LogP contribution in [-0.4, -0.2) is 61.8 Å². The van der Waals surface area contributed by atoms with Crippen LogP contribution in [0.25, 0.3) is 0 Å². The molecule has 1 saturated heterocycles. The average molecular weight is 694 g/mol. The maximum absolute atomic E-state index is 14.0. The monoisotopic (exact) mass is 693 g/mol. The lowest BCUT2D eigenvalue weighted by molar-refractivity contribution is -0.137. The third-order valence-corrected chi connectivity index (χ3v) is 14.9. The Bertz CT molecular complexity index is 1610. The van der Waals surface area contributed by atoms with Gasteiger partial charge in [-0.2, -0.15) is 0 Å². The summed E-state index contributed by atoms with van der Waals surface area (Å²) >= 11 is 0. The molecule has 5 rings (SSSR count). The van der Waals surface area contributed by atoms with E-state index < -0.39 is 44.5 Å². The molecule has 7 nitrogen and oxygen atoms in total. The first-order chi connectivity index (χ1) is 24.0. The number of nitrogens with zero attached hydrogens (tertiary/aromatic N) is 1. The Kier molecular flexibility index (Phi) is 12.5. The van der Waals surface area contributed by atoms with E-state index in [-0.39, 0.29) is 24.0 Å².